The lowest BCUT2D eigenvalue weighted by Gasteiger charge is -2.27. The molecule has 5 heteroatoms. The molecular formula is C43H46N2O3. The molecule has 0 radical (unpaired) electrons. The minimum Gasteiger partial charge on any atom is -0.431 e. The van der Waals surface area contributed by atoms with Crippen molar-refractivity contribution in [2.24, 2.45) is 4.99 Å². The molecule has 246 valence electrons. The van der Waals surface area contributed by atoms with Gasteiger partial charge in [0.2, 0.25) is 0 Å². The average Bonchev–Trinajstić information content (AvgIpc) is 3.43. The smallest absolute Gasteiger partial charge is 0.431 e. The lowest BCUT2D eigenvalue weighted by Crippen LogP contribution is -2.26. The number of carbonyl (C=O) groups is 1. The van der Waals surface area contributed by atoms with E-state index in [1.165, 1.54) is 49.8 Å². The van der Waals surface area contributed by atoms with E-state index in [0.29, 0.717) is 5.76 Å². The van der Waals surface area contributed by atoms with Gasteiger partial charge in [-0.05, 0) is 108 Å². The monoisotopic (exact) mass is 638 g/mol. The lowest BCUT2D eigenvalue weighted by atomic mass is 9.77. The van der Waals surface area contributed by atoms with Crippen LogP contribution in [-0.2, 0) is 20.3 Å². The number of carbonyl (C=O) groups excluding carboxylic acids is 1. The van der Waals surface area contributed by atoms with Crippen molar-refractivity contribution in [2.75, 3.05) is 11.9 Å². The second kappa shape index (κ2) is 12.1. The number of aliphatic imine (C=N–C) groups is 1. The number of allylic oxidation sites excluding steroid dienone is 5. The number of hydrogen-bond acceptors (Lipinski definition) is 5. The van der Waals surface area contributed by atoms with E-state index >= 15 is 0 Å². The summed E-state index contributed by atoms with van der Waals surface area (Å²) in [6.45, 7) is 12.9. The van der Waals surface area contributed by atoms with Crippen molar-refractivity contribution in [3.63, 3.8) is 0 Å². The first kappa shape index (κ1) is 31.9. The molecule has 4 aromatic carbocycles. The predicted molar refractivity (Wildman–Crippen MR) is 198 cm³/mol. The molecule has 0 aromatic heterocycles. The molecule has 0 unspecified atom stereocenters. The van der Waals surface area contributed by atoms with Crippen LogP contribution >= 0.6 is 0 Å². The average molecular weight is 639 g/mol. The predicted octanol–water partition coefficient (Wildman–Crippen LogP) is 11.4. The van der Waals surface area contributed by atoms with E-state index in [9.17, 15) is 4.79 Å². The van der Waals surface area contributed by atoms with E-state index in [4.69, 9.17) is 14.5 Å². The van der Waals surface area contributed by atoms with Crippen LogP contribution in [-0.4, -0.2) is 25.0 Å². The summed E-state index contributed by atoms with van der Waals surface area (Å²) in [6.07, 6.45) is 7.79. The van der Waals surface area contributed by atoms with E-state index < -0.39 is 6.16 Å². The number of anilines is 1. The fourth-order valence-electron chi connectivity index (χ4n) is 8.23. The molecule has 0 spiro atoms. The maximum absolute atomic E-state index is 13.0. The first-order chi connectivity index (χ1) is 23.0. The quantitative estimate of drug-likeness (QED) is 0.197. The molecule has 7 rings (SSSR count). The Hall–Kier alpha value is -4.64. The highest BCUT2D eigenvalue weighted by Gasteiger charge is 2.40. The molecule has 0 saturated heterocycles. The molecule has 48 heavy (non-hydrogen) atoms. The van der Waals surface area contributed by atoms with Gasteiger partial charge in [-0.3, -0.25) is 4.99 Å². The summed E-state index contributed by atoms with van der Waals surface area (Å²) in [4.78, 5) is 20.5. The molecule has 3 aliphatic rings. The van der Waals surface area contributed by atoms with E-state index in [-0.39, 0.29) is 16.9 Å². The number of benzene rings is 4. The molecule has 5 nitrogen and oxygen atoms in total. The molecule has 0 saturated carbocycles. The van der Waals surface area contributed by atoms with Crippen molar-refractivity contribution >= 4 is 44.8 Å². The Morgan fingerprint density at radius 2 is 1.50 bits per heavy atom. The maximum atomic E-state index is 13.0. The van der Waals surface area contributed by atoms with Gasteiger partial charge in [-0.15, -0.1) is 0 Å². The first-order valence-corrected chi connectivity index (χ1v) is 17.3. The summed E-state index contributed by atoms with van der Waals surface area (Å²) < 4.78 is 11.6. The Labute approximate surface area is 284 Å². The van der Waals surface area contributed by atoms with E-state index in [0.717, 1.165) is 48.9 Å². The zero-order valence-corrected chi connectivity index (χ0v) is 29.3. The standard InChI is InChI=1S/C43H46N2O3/c1-27(2)47-41(46)48-40-30(21-25-36-42(3,4)38-32-17-10-8-13-28(32)19-23-34(38)44-36)15-12-16-31(40)22-26-37-43(5,6)39-33-18-11-9-14-29(33)20-24-35(39)45(37)7/h8-11,13-14,17-20,22-24,26-27H,12,15-16,21,25H2,1-7H3/b31-22+,37-26+. The second-order valence-corrected chi connectivity index (χ2v) is 14.8. The van der Waals surface area contributed by atoms with Crippen molar-refractivity contribution in [2.45, 2.75) is 90.6 Å². The zero-order valence-electron chi connectivity index (χ0n) is 29.3. The summed E-state index contributed by atoms with van der Waals surface area (Å²) >= 11 is 0. The van der Waals surface area contributed by atoms with Gasteiger partial charge in [0.05, 0.1) is 11.8 Å². The van der Waals surface area contributed by atoms with Gasteiger partial charge in [0.1, 0.15) is 5.76 Å². The summed E-state index contributed by atoms with van der Waals surface area (Å²) in [5, 5.41) is 5.05. The molecule has 0 amide bonds. The normalized spacial score (nSPS) is 19.8. The largest absolute Gasteiger partial charge is 0.514 e. The number of fused-ring (bicyclic) bond motifs is 6. The Morgan fingerprint density at radius 3 is 2.21 bits per heavy atom. The maximum Gasteiger partial charge on any atom is 0.514 e. The fourth-order valence-corrected chi connectivity index (χ4v) is 8.23. The highest BCUT2D eigenvalue weighted by Crippen LogP contribution is 2.50. The van der Waals surface area contributed by atoms with Gasteiger partial charge >= 0.3 is 6.16 Å². The van der Waals surface area contributed by atoms with Gasteiger partial charge in [-0.25, -0.2) is 4.79 Å². The third-order valence-corrected chi connectivity index (χ3v) is 10.6. The summed E-state index contributed by atoms with van der Waals surface area (Å²) in [7, 11) is 2.15. The van der Waals surface area contributed by atoms with Crippen LogP contribution in [0.5, 0.6) is 0 Å². The van der Waals surface area contributed by atoms with Crippen molar-refractivity contribution < 1.29 is 14.3 Å². The molecular weight excluding hydrogens is 592 g/mol. The molecule has 1 aliphatic carbocycles. The zero-order chi connectivity index (χ0) is 33.8. The van der Waals surface area contributed by atoms with Crippen LogP contribution in [0.1, 0.15) is 84.8 Å². The molecule has 4 aromatic rings. The van der Waals surface area contributed by atoms with Gasteiger partial charge < -0.3 is 14.4 Å². The molecule has 0 atom stereocenters. The van der Waals surface area contributed by atoms with Crippen molar-refractivity contribution in [3.05, 3.63) is 119 Å². The molecule has 2 aliphatic heterocycles. The summed E-state index contributed by atoms with van der Waals surface area (Å²) in [6, 6.07) is 26.0. The second-order valence-electron chi connectivity index (χ2n) is 14.8. The minimum absolute atomic E-state index is 0.191. The van der Waals surface area contributed by atoms with E-state index in [1.807, 2.05) is 13.8 Å². The van der Waals surface area contributed by atoms with Crippen molar-refractivity contribution in [1.82, 2.24) is 0 Å². The number of ether oxygens (including phenoxy) is 2. The van der Waals surface area contributed by atoms with Crippen molar-refractivity contribution in [1.29, 1.82) is 0 Å². The number of rotatable bonds is 6. The van der Waals surface area contributed by atoms with Crippen LogP contribution in [0.3, 0.4) is 0 Å². The Balaban J connectivity index is 1.22. The number of nitrogens with zero attached hydrogens (tertiary/aromatic N) is 2. The lowest BCUT2D eigenvalue weighted by molar-refractivity contribution is 0.0534. The van der Waals surface area contributed by atoms with Crippen LogP contribution < -0.4 is 4.90 Å². The van der Waals surface area contributed by atoms with Gasteiger partial charge in [-0.2, -0.15) is 0 Å². The van der Waals surface area contributed by atoms with Crippen LogP contribution in [0.4, 0.5) is 16.2 Å². The highest BCUT2D eigenvalue weighted by atomic mass is 16.7. The van der Waals surface area contributed by atoms with Crippen LogP contribution in [0.25, 0.3) is 21.5 Å². The van der Waals surface area contributed by atoms with Crippen molar-refractivity contribution in [3.8, 4) is 0 Å². The van der Waals surface area contributed by atoms with Crippen LogP contribution in [0, 0.1) is 0 Å². The Morgan fingerprint density at radius 1 is 0.833 bits per heavy atom. The minimum atomic E-state index is -0.646. The van der Waals surface area contributed by atoms with Gasteiger partial charge in [-0.1, -0.05) is 94.4 Å². The third-order valence-electron chi connectivity index (χ3n) is 10.6. The van der Waals surface area contributed by atoms with Gasteiger partial charge in [0.15, 0.2) is 0 Å². The Kier molecular flexibility index (Phi) is 8.06. The highest BCUT2D eigenvalue weighted by molar-refractivity contribution is 6.07. The Bertz CT molecular complexity index is 2070. The number of likely N-dealkylation sites (N-methyl/N-ethyl adjacent to an activating group) is 1. The molecule has 0 fully saturated rings. The summed E-state index contributed by atoms with van der Waals surface area (Å²) in [5.74, 6) is 0.671. The molecule has 2 heterocycles. The van der Waals surface area contributed by atoms with E-state index in [2.05, 4.69) is 125 Å². The number of hydrogen-bond donors (Lipinski definition) is 0. The van der Waals surface area contributed by atoms with Crippen LogP contribution in [0.15, 0.2) is 113 Å². The van der Waals surface area contributed by atoms with E-state index in [1.54, 1.807) is 0 Å². The topological polar surface area (TPSA) is 51.1 Å². The van der Waals surface area contributed by atoms with Crippen LogP contribution in [0.2, 0.25) is 0 Å². The SMILES string of the molecule is CC(C)OC(=O)OC1=C(CCC2=Nc3ccc4ccccc4c3C2(C)C)CCC/C1=C\C=C1\N(C)c2ccc3ccccc3c2C1(C)C. The first-order valence-electron chi connectivity index (χ1n) is 17.3. The third kappa shape index (κ3) is 5.43. The molecule has 0 bridgehead atoms. The summed E-state index contributed by atoms with van der Waals surface area (Å²) in [5.41, 5.74) is 9.12. The fraction of sp³-hybridized carbons (Fsp3) is 0.349. The molecule has 0 N–H and O–H groups in total. The van der Waals surface area contributed by atoms with Gasteiger partial charge in [0, 0.05) is 35.0 Å². The van der Waals surface area contributed by atoms with Gasteiger partial charge in [0.25, 0.3) is 0 Å².